The van der Waals surface area contributed by atoms with Crippen molar-refractivity contribution in [1.82, 2.24) is 9.62 Å². The summed E-state index contributed by atoms with van der Waals surface area (Å²) in [6, 6.07) is 22.1. The summed E-state index contributed by atoms with van der Waals surface area (Å²) in [5, 5.41) is 14.2. The monoisotopic (exact) mass is 564 g/mol. The van der Waals surface area contributed by atoms with Crippen LogP contribution in [0.2, 0.25) is 0 Å². The van der Waals surface area contributed by atoms with E-state index in [-0.39, 0.29) is 30.1 Å². The lowest BCUT2D eigenvalue weighted by Gasteiger charge is -2.31. The molecular formula is C32H40N2O5S. The molecule has 0 heterocycles. The van der Waals surface area contributed by atoms with Crippen LogP contribution in [0.5, 0.6) is 0 Å². The van der Waals surface area contributed by atoms with Crippen molar-refractivity contribution in [1.29, 1.82) is 0 Å². The van der Waals surface area contributed by atoms with E-state index in [1.54, 1.807) is 43.3 Å². The molecule has 7 nitrogen and oxygen atoms in total. The first-order valence-corrected chi connectivity index (χ1v) is 15.3. The average molecular weight is 565 g/mol. The van der Waals surface area contributed by atoms with Crippen LogP contribution in [0.4, 0.5) is 0 Å². The smallest absolute Gasteiger partial charge is 0.338 e. The maximum atomic E-state index is 13.4. The fourth-order valence-corrected chi connectivity index (χ4v) is 6.75. The Bertz CT molecular complexity index is 1410. The van der Waals surface area contributed by atoms with Crippen molar-refractivity contribution in [3.63, 3.8) is 0 Å². The largest absolute Gasteiger partial charge is 0.462 e. The Kier molecular flexibility index (Phi) is 9.46. The van der Waals surface area contributed by atoms with E-state index in [1.807, 2.05) is 6.07 Å². The van der Waals surface area contributed by atoms with E-state index >= 15 is 0 Å². The molecule has 0 amide bonds. The molecule has 1 aliphatic carbocycles. The zero-order valence-electron chi connectivity index (χ0n) is 23.8. The van der Waals surface area contributed by atoms with Gasteiger partial charge in [0.2, 0.25) is 10.0 Å². The van der Waals surface area contributed by atoms with E-state index in [0.717, 1.165) is 19.3 Å². The summed E-state index contributed by atoms with van der Waals surface area (Å²) in [6.07, 6.45) is 2.23. The standard InChI is InChI=1S/C32H40N2O5S/c1-5-39-31(36)28-14-8-12-26(18-28)27-13-9-15-30(19-27)40(37,38)34(4)22-29(35)21-33-32(2,3)20-23-16-24-10-6-7-11-25(24)17-23/h6-15,18-19,23,29,33,35H,5,16-17,20-22H2,1-4H3/t29-/m1/s1. The van der Waals surface area contributed by atoms with Gasteiger partial charge in [-0.2, -0.15) is 4.31 Å². The van der Waals surface area contributed by atoms with Crippen LogP contribution >= 0.6 is 0 Å². The number of likely N-dealkylation sites (N-methyl/N-ethyl adjacent to an activating group) is 1. The number of hydrogen-bond acceptors (Lipinski definition) is 6. The van der Waals surface area contributed by atoms with Crippen LogP contribution in [-0.2, 0) is 27.6 Å². The summed E-state index contributed by atoms with van der Waals surface area (Å²) in [5.41, 5.74) is 4.43. The van der Waals surface area contributed by atoms with E-state index < -0.39 is 22.1 Å². The maximum absolute atomic E-state index is 13.4. The molecule has 4 rings (SSSR count). The molecule has 0 saturated carbocycles. The van der Waals surface area contributed by atoms with E-state index in [2.05, 4.69) is 43.4 Å². The van der Waals surface area contributed by atoms with Crippen molar-refractivity contribution >= 4 is 16.0 Å². The van der Waals surface area contributed by atoms with Gasteiger partial charge in [-0.1, -0.05) is 48.5 Å². The number of benzene rings is 3. The van der Waals surface area contributed by atoms with Crippen LogP contribution in [0.25, 0.3) is 11.1 Å². The highest BCUT2D eigenvalue weighted by atomic mass is 32.2. The third-order valence-corrected chi connectivity index (χ3v) is 9.29. The van der Waals surface area contributed by atoms with Crippen molar-refractivity contribution in [3.8, 4) is 11.1 Å². The molecule has 1 aliphatic rings. The van der Waals surface area contributed by atoms with Gasteiger partial charge in [-0.3, -0.25) is 0 Å². The van der Waals surface area contributed by atoms with Crippen LogP contribution < -0.4 is 5.32 Å². The molecule has 0 saturated heterocycles. The third kappa shape index (κ3) is 7.37. The second-order valence-corrected chi connectivity index (χ2v) is 13.3. The minimum Gasteiger partial charge on any atom is -0.462 e. The topological polar surface area (TPSA) is 95.9 Å². The molecule has 0 aliphatic heterocycles. The van der Waals surface area contributed by atoms with Crippen molar-refractivity contribution in [2.75, 3.05) is 26.7 Å². The summed E-state index contributed by atoms with van der Waals surface area (Å²) in [4.78, 5) is 12.3. The highest BCUT2D eigenvalue weighted by Crippen LogP contribution is 2.32. The second kappa shape index (κ2) is 12.6. The average Bonchev–Trinajstić information content (AvgIpc) is 3.34. The number of nitrogens with zero attached hydrogens (tertiary/aromatic N) is 1. The first kappa shape index (κ1) is 29.9. The first-order valence-electron chi connectivity index (χ1n) is 13.8. The molecule has 2 N–H and O–H groups in total. The lowest BCUT2D eigenvalue weighted by molar-refractivity contribution is 0.0526. The fourth-order valence-electron chi connectivity index (χ4n) is 5.50. The molecule has 214 valence electrons. The minimum absolute atomic E-state index is 0.0388. The highest BCUT2D eigenvalue weighted by molar-refractivity contribution is 7.89. The van der Waals surface area contributed by atoms with E-state index in [4.69, 9.17) is 4.74 Å². The summed E-state index contributed by atoms with van der Waals surface area (Å²) in [7, 11) is -2.37. The molecule has 40 heavy (non-hydrogen) atoms. The summed E-state index contributed by atoms with van der Waals surface area (Å²) >= 11 is 0. The molecule has 0 radical (unpaired) electrons. The number of aliphatic hydroxyl groups is 1. The predicted octanol–water partition coefficient (Wildman–Crippen LogP) is 4.69. The van der Waals surface area contributed by atoms with Gasteiger partial charge in [-0.25, -0.2) is 13.2 Å². The number of fused-ring (bicyclic) bond motifs is 1. The summed E-state index contributed by atoms with van der Waals surface area (Å²) in [5.74, 6) is 0.123. The number of rotatable bonds is 12. The zero-order chi connectivity index (χ0) is 28.9. The molecule has 8 heteroatoms. The predicted molar refractivity (Wildman–Crippen MR) is 158 cm³/mol. The molecule has 0 fully saturated rings. The number of sulfonamides is 1. The molecule has 0 unspecified atom stereocenters. The van der Waals surface area contributed by atoms with Crippen LogP contribution in [0.15, 0.2) is 77.7 Å². The Morgan fingerprint density at radius 1 is 1.02 bits per heavy atom. The van der Waals surface area contributed by atoms with Crippen LogP contribution in [0.1, 0.15) is 48.7 Å². The van der Waals surface area contributed by atoms with Crippen LogP contribution in [0.3, 0.4) is 0 Å². The van der Waals surface area contributed by atoms with Crippen molar-refractivity contribution < 1.29 is 23.1 Å². The van der Waals surface area contributed by atoms with E-state index in [1.165, 1.54) is 28.5 Å². The number of carbonyl (C=O) groups is 1. The minimum atomic E-state index is -3.85. The molecule has 0 bridgehead atoms. The first-order chi connectivity index (χ1) is 19.0. The van der Waals surface area contributed by atoms with Crippen LogP contribution in [-0.4, -0.2) is 62.2 Å². The van der Waals surface area contributed by atoms with Crippen molar-refractivity contribution in [2.24, 2.45) is 5.92 Å². The number of aliphatic hydroxyl groups excluding tert-OH is 1. The summed E-state index contributed by atoms with van der Waals surface area (Å²) < 4.78 is 33.0. The van der Waals surface area contributed by atoms with Gasteiger partial charge >= 0.3 is 5.97 Å². The van der Waals surface area contributed by atoms with Crippen molar-refractivity contribution in [3.05, 3.63) is 89.5 Å². The van der Waals surface area contributed by atoms with Gasteiger partial charge in [0.1, 0.15) is 0 Å². The molecule has 3 aromatic rings. The van der Waals surface area contributed by atoms with Gasteiger partial charge in [0, 0.05) is 25.7 Å². The number of ether oxygens (including phenoxy) is 1. The van der Waals surface area contributed by atoms with Gasteiger partial charge in [0.25, 0.3) is 0 Å². The Hall–Kier alpha value is -3.04. The molecule has 0 spiro atoms. The number of esters is 1. The SMILES string of the molecule is CCOC(=O)c1cccc(-c2cccc(S(=O)(=O)N(C)C[C@H](O)CNC(C)(C)CC3Cc4ccccc4C3)c2)c1. The number of carbonyl (C=O) groups excluding carboxylic acids is 1. The Labute approximate surface area is 238 Å². The Balaban J connectivity index is 1.35. The fraction of sp³-hybridized carbons (Fsp3) is 0.406. The molecule has 3 aromatic carbocycles. The van der Waals surface area contributed by atoms with Gasteiger partial charge in [0.15, 0.2) is 0 Å². The van der Waals surface area contributed by atoms with Gasteiger partial charge < -0.3 is 15.2 Å². The number of β-amino-alcohol motifs (C(OH)–C–C–N with tert-alkyl or cyclic N) is 1. The normalized spacial score (nSPS) is 14.8. The Morgan fingerprint density at radius 2 is 1.65 bits per heavy atom. The lowest BCUT2D eigenvalue weighted by atomic mass is 9.88. The Morgan fingerprint density at radius 3 is 2.30 bits per heavy atom. The third-order valence-electron chi connectivity index (χ3n) is 7.47. The highest BCUT2D eigenvalue weighted by Gasteiger charge is 2.29. The van der Waals surface area contributed by atoms with E-state index in [0.29, 0.717) is 22.6 Å². The van der Waals surface area contributed by atoms with Gasteiger partial charge in [0.05, 0.1) is 23.2 Å². The molecule has 1 atom stereocenters. The van der Waals surface area contributed by atoms with Crippen LogP contribution in [0, 0.1) is 5.92 Å². The number of hydrogen-bond donors (Lipinski definition) is 2. The molecular weight excluding hydrogens is 524 g/mol. The summed E-state index contributed by atoms with van der Waals surface area (Å²) in [6.45, 7) is 6.53. The molecule has 0 aromatic heterocycles. The quantitative estimate of drug-likeness (QED) is 0.310. The van der Waals surface area contributed by atoms with Crippen molar-refractivity contribution in [2.45, 2.75) is 56.6 Å². The van der Waals surface area contributed by atoms with E-state index in [9.17, 15) is 18.3 Å². The van der Waals surface area contributed by atoms with Gasteiger partial charge in [-0.15, -0.1) is 0 Å². The zero-order valence-corrected chi connectivity index (χ0v) is 24.6. The van der Waals surface area contributed by atoms with Gasteiger partial charge in [-0.05, 0) is 92.5 Å². The lowest BCUT2D eigenvalue weighted by Crippen LogP contribution is -2.47. The number of nitrogens with one attached hydrogen (secondary N) is 1. The maximum Gasteiger partial charge on any atom is 0.338 e. The second-order valence-electron chi connectivity index (χ2n) is 11.3.